The average Bonchev–Trinajstić information content (AvgIpc) is 2.68. The Bertz CT molecular complexity index is 524. The highest BCUT2D eigenvalue weighted by atomic mass is 35.5. The van der Waals surface area contributed by atoms with Gasteiger partial charge in [-0.25, -0.2) is 9.50 Å². The van der Waals surface area contributed by atoms with Crippen molar-refractivity contribution < 1.29 is 4.79 Å². The molecular formula is C10H9Cl2N3O. The first-order chi connectivity index (χ1) is 7.76. The molecule has 0 N–H and O–H groups in total. The third-order valence-electron chi connectivity index (χ3n) is 2.25. The fraction of sp³-hybridized carbons (Fsp3) is 0.300. The second kappa shape index (κ2) is 4.80. The average molecular weight is 258 g/mol. The second-order valence-corrected chi connectivity index (χ2v) is 4.07. The maximum absolute atomic E-state index is 10.7. The van der Waals surface area contributed by atoms with E-state index in [0.29, 0.717) is 28.5 Å². The molecule has 0 saturated heterocycles. The van der Waals surface area contributed by atoms with E-state index in [1.54, 1.807) is 10.7 Å². The lowest BCUT2D eigenvalue weighted by molar-refractivity contribution is 0.112. The number of halogens is 2. The number of hydrogen-bond acceptors (Lipinski definition) is 3. The number of alkyl halides is 1. The minimum atomic E-state index is 0.404. The lowest BCUT2D eigenvalue weighted by Crippen LogP contribution is -1.98. The normalized spacial score (nSPS) is 10.9. The molecule has 2 rings (SSSR count). The van der Waals surface area contributed by atoms with E-state index in [1.165, 1.54) is 6.20 Å². The van der Waals surface area contributed by atoms with Crippen molar-refractivity contribution in [2.24, 2.45) is 0 Å². The monoisotopic (exact) mass is 257 g/mol. The summed E-state index contributed by atoms with van der Waals surface area (Å²) in [5.41, 5.74) is 1.80. The molecule has 0 aliphatic rings. The van der Waals surface area contributed by atoms with E-state index in [4.69, 9.17) is 23.2 Å². The van der Waals surface area contributed by atoms with Crippen molar-refractivity contribution >= 4 is 35.1 Å². The highest BCUT2D eigenvalue weighted by molar-refractivity contribution is 6.30. The van der Waals surface area contributed by atoms with Crippen LogP contribution in [0.3, 0.4) is 0 Å². The van der Waals surface area contributed by atoms with Gasteiger partial charge in [0, 0.05) is 17.6 Å². The molecule has 84 valence electrons. The summed E-state index contributed by atoms with van der Waals surface area (Å²) in [6.45, 7) is 0. The van der Waals surface area contributed by atoms with Crippen LogP contribution in [0.25, 0.3) is 5.65 Å². The lowest BCUT2D eigenvalue weighted by Gasteiger charge is -2.03. The third kappa shape index (κ3) is 2.03. The number of aldehydes is 1. The van der Waals surface area contributed by atoms with Crippen molar-refractivity contribution in [1.29, 1.82) is 0 Å². The summed E-state index contributed by atoms with van der Waals surface area (Å²) < 4.78 is 1.55. The minimum absolute atomic E-state index is 0.404. The van der Waals surface area contributed by atoms with Crippen molar-refractivity contribution in [3.8, 4) is 0 Å². The van der Waals surface area contributed by atoms with Crippen LogP contribution in [0.1, 0.15) is 22.3 Å². The van der Waals surface area contributed by atoms with E-state index in [-0.39, 0.29) is 0 Å². The summed E-state index contributed by atoms with van der Waals surface area (Å²) in [4.78, 5) is 14.8. The van der Waals surface area contributed by atoms with Gasteiger partial charge in [-0.3, -0.25) is 4.79 Å². The Morgan fingerprint density at radius 1 is 1.50 bits per heavy atom. The summed E-state index contributed by atoms with van der Waals surface area (Å²) in [6.07, 6.45) is 5.54. The zero-order valence-electron chi connectivity index (χ0n) is 8.36. The standard InChI is InChI=1S/C10H9Cl2N3O/c11-3-1-2-7-5-15-10(14-9(7)12)8(6-16)4-13-15/h4-6H,1-3H2. The summed E-state index contributed by atoms with van der Waals surface area (Å²) in [5.74, 6) is 0.576. The van der Waals surface area contributed by atoms with Crippen molar-refractivity contribution in [2.45, 2.75) is 12.8 Å². The van der Waals surface area contributed by atoms with Gasteiger partial charge in [0.15, 0.2) is 11.9 Å². The quantitative estimate of drug-likeness (QED) is 0.480. The highest BCUT2D eigenvalue weighted by Gasteiger charge is 2.09. The Labute approximate surface area is 102 Å². The first kappa shape index (κ1) is 11.4. The van der Waals surface area contributed by atoms with Gasteiger partial charge in [-0.2, -0.15) is 5.10 Å². The zero-order valence-corrected chi connectivity index (χ0v) is 9.87. The van der Waals surface area contributed by atoms with Gasteiger partial charge in [-0.15, -0.1) is 11.6 Å². The van der Waals surface area contributed by atoms with E-state index in [1.807, 2.05) is 0 Å². The molecule has 16 heavy (non-hydrogen) atoms. The van der Waals surface area contributed by atoms with Gasteiger partial charge in [0.1, 0.15) is 5.15 Å². The Balaban J connectivity index is 2.46. The predicted molar refractivity (Wildman–Crippen MR) is 62.4 cm³/mol. The Morgan fingerprint density at radius 2 is 2.31 bits per heavy atom. The van der Waals surface area contributed by atoms with Gasteiger partial charge in [0.25, 0.3) is 0 Å². The number of fused-ring (bicyclic) bond motifs is 1. The Kier molecular flexibility index (Phi) is 3.41. The molecule has 4 nitrogen and oxygen atoms in total. The fourth-order valence-electron chi connectivity index (χ4n) is 1.45. The number of nitrogens with zero attached hydrogens (tertiary/aromatic N) is 3. The largest absolute Gasteiger partial charge is 0.298 e. The summed E-state index contributed by atoms with van der Waals surface area (Å²) in [7, 11) is 0. The van der Waals surface area contributed by atoms with E-state index >= 15 is 0 Å². The van der Waals surface area contributed by atoms with Crippen LogP contribution in [0.2, 0.25) is 5.15 Å². The molecule has 2 aromatic rings. The molecule has 0 radical (unpaired) electrons. The highest BCUT2D eigenvalue weighted by Crippen LogP contribution is 2.17. The SMILES string of the molecule is O=Cc1cnn2cc(CCCCl)c(Cl)nc12. The Hall–Kier alpha value is -1.13. The summed E-state index contributed by atoms with van der Waals surface area (Å²) >= 11 is 11.6. The maximum Gasteiger partial charge on any atom is 0.167 e. The number of aromatic nitrogens is 3. The molecule has 0 unspecified atom stereocenters. The molecule has 0 aliphatic heterocycles. The van der Waals surface area contributed by atoms with Gasteiger partial charge >= 0.3 is 0 Å². The predicted octanol–water partition coefficient (Wildman–Crippen LogP) is 2.37. The lowest BCUT2D eigenvalue weighted by atomic mass is 10.2. The van der Waals surface area contributed by atoms with Crippen LogP contribution in [0.15, 0.2) is 12.4 Å². The summed E-state index contributed by atoms with van der Waals surface area (Å²) in [6, 6.07) is 0. The maximum atomic E-state index is 10.7. The Morgan fingerprint density at radius 3 is 3.00 bits per heavy atom. The first-order valence-corrected chi connectivity index (χ1v) is 5.71. The topological polar surface area (TPSA) is 47.3 Å². The van der Waals surface area contributed by atoms with Crippen LogP contribution in [-0.4, -0.2) is 26.8 Å². The van der Waals surface area contributed by atoms with Crippen LogP contribution in [0, 0.1) is 0 Å². The van der Waals surface area contributed by atoms with E-state index < -0.39 is 0 Å². The molecule has 0 atom stereocenters. The third-order valence-corrected chi connectivity index (χ3v) is 2.84. The number of hydrogen-bond donors (Lipinski definition) is 0. The number of carbonyl (C=O) groups excluding carboxylic acids is 1. The molecule has 0 aromatic carbocycles. The van der Waals surface area contributed by atoms with Crippen LogP contribution in [0.4, 0.5) is 0 Å². The van der Waals surface area contributed by atoms with Gasteiger partial charge in [-0.05, 0) is 12.8 Å². The fourth-order valence-corrected chi connectivity index (χ4v) is 1.81. The molecule has 0 aliphatic carbocycles. The molecule has 0 bridgehead atoms. The zero-order chi connectivity index (χ0) is 11.5. The van der Waals surface area contributed by atoms with Gasteiger partial charge in [0.05, 0.1) is 11.8 Å². The van der Waals surface area contributed by atoms with Crippen molar-refractivity contribution in [3.05, 3.63) is 28.7 Å². The molecular weight excluding hydrogens is 249 g/mol. The van der Waals surface area contributed by atoms with E-state index in [0.717, 1.165) is 18.4 Å². The minimum Gasteiger partial charge on any atom is -0.298 e. The molecule has 0 spiro atoms. The molecule has 0 fully saturated rings. The molecule has 2 aromatic heterocycles. The number of rotatable bonds is 4. The second-order valence-electron chi connectivity index (χ2n) is 3.34. The molecule has 0 saturated carbocycles. The smallest absolute Gasteiger partial charge is 0.167 e. The van der Waals surface area contributed by atoms with Crippen molar-refractivity contribution in [3.63, 3.8) is 0 Å². The van der Waals surface area contributed by atoms with Gasteiger partial charge in [0.2, 0.25) is 0 Å². The van der Waals surface area contributed by atoms with Gasteiger partial charge < -0.3 is 0 Å². The van der Waals surface area contributed by atoms with E-state index in [2.05, 4.69) is 10.1 Å². The van der Waals surface area contributed by atoms with Gasteiger partial charge in [-0.1, -0.05) is 11.6 Å². The summed E-state index contributed by atoms with van der Waals surface area (Å²) in [5, 5.41) is 4.43. The first-order valence-electron chi connectivity index (χ1n) is 4.80. The van der Waals surface area contributed by atoms with Crippen LogP contribution < -0.4 is 0 Å². The van der Waals surface area contributed by atoms with Crippen LogP contribution >= 0.6 is 23.2 Å². The number of carbonyl (C=O) groups is 1. The molecule has 6 heteroatoms. The van der Waals surface area contributed by atoms with Crippen molar-refractivity contribution in [2.75, 3.05) is 5.88 Å². The van der Waals surface area contributed by atoms with Crippen molar-refractivity contribution in [1.82, 2.24) is 14.6 Å². The van der Waals surface area contributed by atoms with E-state index in [9.17, 15) is 4.79 Å². The molecule has 0 amide bonds. The number of aryl methyl sites for hydroxylation is 1. The van der Waals surface area contributed by atoms with Crippen LogP contribution in [0.5, 0.6) is 0 Å². The molecule has 2 heterocycles. The van der Waals surface area contributed by atoms with Crippen LogP contribution in [-0.2, 0) is 6.42 Å².